The average Bonchev–Trinajstić information content (AvgIpc) is 2.27. The summed E-state index contributed by atoms with van der Waals surface area (Å²) >= 11 is 0. The molecule has 0 aliphatic carbocycles. The summed E-state index contributed by atoms with van der Waals surface area (Å²) in [4.78, 5) is 10.9. The predicted molar refractivity (Wildman–Crippen MR) is 62.3 cm³/mol. The molecule has 0 bridgehead atoms. The van der Waals surface area contributed by atoms with Crippen molar-refractivity contribution >= 4 is 5.97 Å². The molecule has 0 saturated heterocycles. The quantitative estimate of drug-likeness (QED) is 0.588. The molecule has 0 aromatic carbocycles. The van der Waals surface area contributed by atoms with Crippen molar-refractivity contribution in [2.24, 2.45) is 5.92 Å². The van der Waals surface area contributed by atoms with Crippen LogP contribution in [0.3, 0.4) is 0 Å². The van der Waals surface area contributed by atoms with Crippen molar-refractivity contribution in [3.8, 4) is 0 Å². The van der Waals surface area contributed by atoms with Gasteiger partial charge in [0.1, 0.15) is 0 Å². The van der Waals surface area contributed by atoms with E-state index in [2.05, 4.69) is 0 Å². The molecular formula is C12H24O4. The van der Waals surface area contributed by atoms with Gasteiger partial charge in [-0.15, -0.1) is 0 Å². The normalized spacial score (nSPS) is 13.0. The Hall–Kier alpha value is -0.610. The number of ether oxygens (including phenoxy) is 2. The van der Waals surface area contributed by atoms with Gasteiger partial charge in [0, 0.05) is 19.6 Å². The van der Waals surface area contributed by atoms with E-state index in [-0.39, 0.29) is 12.2 Å². The first-order valence-corrected chi connectivity index (χ1v) is 6.11. The lowest BCUT2D eigenvalue weighted by molar-refractivity contribution is -0.164. The Labute approximate surface area is 97.9 Å². The summed E-state index contributed by atoms with van der Waals surface area (Å²) in [5.41, 5.74) is 0. The molecule has 0 rings (SSSR count). The minimum Gasteiger partial charge on any atom is -0.481 e. The fraction of sp³-hybridized carbons (Fsp3) is 0.917. The van der Waals surface area contributed by atoms with Crippen LogP contribution < -0.4 is 0 Å². The molecule has 0 aliphatic rings. The minimum atomic E-state index is -0.771. The van der Waals surface area contributed by atoms with E-state index in [0.717, 1.165) is 12.8 Å². The predicted octanol–water partition coefficient (Wildman–Crippen LogP) is 2.67. The Kier molecular flexibility index (Phi) is 9.24. The molecule has 16 heavy (non-hydrogen) atoms. The van der Waals surface area contributed by atoms with Gasteiger partial charge in [-0.3, -0.25) is 4.79 Å². The zero-order valence-electron chi connectivity index (χ0n) is 10.6. The van der Waals surface area contributed by atoms with Crippen molar-refractivity contribution in [3.63, 3.8) is 0 Å². The molecule has 1 atom stereocenters. The third-order valence-corrected chi connectivity index (χ3v) is 2.33. The van der Waals surface area contributed by atoms with E-state index >= 15 is 0 Å². The second kappa shape index (κ2) is 9.60. The van der Waals surface area contributed by atoms with Crippen LogP contribution in [0, 0.1) is 5.92 Å². The molecule has 0 aliphatic heterocycles. The van der Waals surface area contributed by atoms with Gasteiger partial charge >= 0.3 is 5.97 Å². The number of carbonyl (C=O) groups is 1. The highest BCUT2D eigenvalue weighted by molar-refractivity contribution is 5.69. The summed E-state index contributed by atoms with van der Waals surface area (Å²) in [7, 11) is 0. The molecule has 0 fully saturated rings. The Morgan fingerprint density at radius 3 is 1.94 bits per heavy atom. The summed E-state index contributed by atoms with van der Waals surface area (Å²) in [6.07, 6.45) is 2.50. The minimum absolute atomic E-state index is 0.374. The molecule has 1 N–H and O–H groups in total. The van der Waals surface area contributed by atoms with Crippen LogP contribution >= 0.6 is 0 Å². The zero-order chi connectivity index (χ0) is 12.4. The summed E-state index contributed by atoms with van der Waals surface area (Å²) in [6, 6.07) is 0. The molecule has 4 heteroatoms. The van der Waals surface area contributed by atoms with Gasteiger partial charge in [0.2, 0.25) is 0 Å². The van der Waals surface area contributed by atoms with Gasteiger partial charge in [0.05, 0.1) is 5.92 Å². The lowest BCUT2D eigenvalue weighted by Crippen LogP contribution is -2.25. The Balaban J connectivity index is 4.09. The van der Waals surface area contributed by atoms with Gasteiger partial charge in [-0.1, -0.05) is 20.8 Å². The first kappa shape index (κ1) is 15.4. The van der Waals surface area contributed by atoms with Gasteiger partial charge in [0.15, 0.2) is 6.29 Å². The number of aliphatic carboxylic acids is 1. The van der Waals surface area contributed by atoms with Crippen LogP contribution in [0.4, 0.5) is 0 Å². The van der Waals surface area contributed by atoms with Gasteiger partial charge in [0.25, 0.3) is 0 Å². The molecule has 0 aromatic heterocycles. The van der Waals surface area contributed by atoms with E-state index in [4.69, 9.17) is 14.6 Å². The molecule has 0 saturated carbocycles. The molecule has 0 radical (unpaired) electrons. The third-order valence-electron chi connectivity index (χ3n) is 2.33. The van der Waals surface area contributed by atoms with Crippen molar-refractivity contribution in [1.82, 2.24) is 0 Å². The first-order valence-electron chi connectivity index (χ1n) is 6.11. The largest absolute Gasteiger partial charge is 0.481 e. The van der Waals surface area contributed by atoms with Crippen LogP contribution in [0.15, 0.2) is 0 Å². The fourth-order valence-electron chi connectivity index (χ4n) is 1.36. The molecule has 0 spiro atoms. The Morgan fingerprint density at radius 2 is 1.62 bits per heavy atom. The first-order chi connectivity index (χ1) is 7.65. The maximum atomic E-state index is 10.9. The number of hydrogen-bond acceptors (Lipinski definition) is 3. The second-order valence-electron chi connectivity index (χ2n) is 3.85. The maximum Gasteiger partial charge on any atom is 0.306 e. The maximum absolute atomic E-state index is 10.9. The van der Waals surface area contributed by atoms with Gasteiger partial charge < -0.3 is 14.6 Å². The number of hydrogen-bond donors (Lipinski definition) is 1. The lowest BCUT2D eigenvalue weighted by Gasteiger charge is -2.21. The third kappa shape index (κ3) is 6.80. The second-order valence-corrected chi connectivity index (χ2v) is 3.85. The number of carboxylic acids is 1. The van der Waals surface area contributed by atoms with E-state index in [9.17, 15) is 4.79 Å². The van der Waals surface area contributed by atoms with Gasteiger partial charge in [-0.05, 0) is 19.3 Å². The molecule has 96 valence electrons. The Morgan fingerprint density at radius 1 is 1.12 bits per heavy atom. The monoisotopic (exact) mass is 232 g/mol. The van der Waals surface area contributed by atoms with E-state index in [0.29, 0.717) is 26.1 Å². The van der Waals surface area contributed by atoms with E-state index in [1.165, 1.54) is 0 Å². The van der Waals surface area contributed by atoms with Crippen molar-refractivity contribution < 1.29 is 19.4 Å². The SMILES string of the molecule is CCCOC(CC(CC)C(=O)O)OCCC. The molecule has 0 amide bonds. The average molecular weight is 232 g/mol. The van der Waals surface area contributed by atoms with Crippen LogP contribution in [0.1, 0.15) is 46.5 Å². The number of carboxylic acid groups (broad SMARTS) is 1. The lowest BCUT2D eigenvalue weighted by atomic mass is 10.0. The summed E-state index contributed by atoms with van der Waals surface area (Å²) < 4.78 is 11.0. The highest BCUT2D eigenvalue weighted by Crippen LogP contribution is 2.15. The van der Waals surface area contributed by atoms with Gasteiger partial charge in [-0.2, -0.15) is 0 Å². The van der Waals surface area contributed by atoms with Crippen molar-refractivity contribution in [2.45, 2.75) is 52.7 Å². The van der Waals surface area contributed by atoms with Crippen molar-refractivity contribution in [1.29, 1.82) is 0 Å². The van der Waals surface area contributed by atoms with Gasteiger partial charge in [-0.25, -0.2) is 0 Å². The zero-order valence-corrected chi connectivity index (χ0v) is 10.6. The van der Waals surface area contributed by atoms with Crippen LogP contribution in [-0.2, 0) is 14.3 Å². The Bertz CT molecular complexity index is 174. The van der Waals surface area contributed by atoms with Crippen LogP contribution in [-0.4, -0.2) is 30.6 Å². The highest BCUT2D eigenvalue weighted by Gasteiger charge is 2.21. The van der Waals surface area contributed by atoms with Crippen molar-refractivity contribution in [3.05, 3.63) is 0 Å². The van der Waals surface area contributed by atoms with Crippen LogP contribution in [0.2, 0.25) is 0 Å². The molecular weight excluding hydrogens is 208 g/mol. The van der Waals surface area contributed by atoms with Crippen molar-refractivity contribution in [2.75, 3.05) is 13.2 Å². The van der Waals surface area contributed by atoms with Crippen LogP contribution in [0.25, 0.3) is 0 Å². The number of rotatable bonds is 10. The molecule has 4 nitrogen and oxygen atoms in total. The molecule has 0 aromatic rings. The smallest absolute Gasteiger partial charge is 0.306 e. The summed E-state index contributed by atoms with van der Waals surface area (Å²) in [5.74, 6) is -1.15. The standard InChI is InChI=1S/C12H24O4/c1-4-7-15-11(16-8-5-2)9-10(6-3)12(13)14/h10-11H,4-9H2,1-3H3,(H,13,14). The molecule has 0 heterocycles. The van der Waals surface area contributed by atoms with E-state index in [1.54, 1.807) is 0 Å². The van der Waals surface area contributed by atoms with E-state index < -0.39 is 5.97 Å². The highest BCUT2D eigenvalue weighted by atomic mass is 16.7. The van der Waals surface area contributed by atoms with E-state index in [1.807, 2.05) is 20.8 Å². The fourth-order valence-corrected chi connectivity index (χ4v) is 1.36. The van der Waals surface area contributed by atoms with Crippen LogP contribution in [0.5, 0.6) is 0 Å². The topological polar surface area (TPSA) is 55.8 Å². The summed E-state index contributed by atoms with van der Waals surface area (Å²) in [6.45, 7) is 7.14. The summed E-state index contributed by atoms with van der Waals surface area (Å²) in [5, 5.41) is 8.96. The molecule has 1 unspecified atom stereocenters.